The van der Waals surface area contributed by atoms with E-state index in [4.69, 9.17) is 0 Å². The van der Waals surface area contributed by atoms with Crippen LogP contribution in [-0.2, 0) is 13.1 Å². The minimum absolute atomic E-state index is 0.0818. The Labute approximate surface area is 205 Å². The molecule has 0 amide bonds. The SMILES string of the molecule is CCN1C(=CC=c2s/c(=C\c3sc4ccccc4[n+]3CC)n(CC)c2=O)Sc2ccccc21. The molecular weight excluding hydrogens is 467 g/mol. The summed E-state index contributed by atoms with van der Waals surface area (Å²) in [7, 11) is 0. The van der Waals surface area contributed by atoms with Crippen LogP contribution in [-0.4, -0.2) is 11.1 Å². The maximum atomic E-state index is 13.2. The van der Waals surface area contributed by atoms with Crippen LogP contribution in [0.3, 0.4) is 0 Å². The normalized spacial score (nSPS) is 15.8. The third-order valence-electron chi connectivity index (χ3n) is 5.78. The van der Waals surface area contributed by atoms with Crippen molar-refractivity contribution in [3.63, 3.8) is 0 Å². The van der Waals surface area contributed by atoms with Crippen molar-refractivity contribution in [3.05, 3.63) is 84.2 Å². The number of rotatable bonds is 5. The van der Waals surface area contributed by atoms with Gasteiger partial charge in [-0.3, -0.25) is 9.36 Å². The van der Waals surface area contributed by atoms with E-state index in [1.54, 1.807) is 34.4 Å². The summed E-state index contributed by atoms with van der Waals surface area (Å²) in [4.78, 5) is 16.7. The fourth-order valence-corrected chi connectivity index (χ4v) is 7.62. The van der Waals surface area contributed by atoms with Gasteiger partial charge in [-0.2, -0.15) is 4.57 Å². The Kier molecular flexibility index (Phi) is 6.27. The maximum absolute atomic E-state index is 13.2. The van der Waals surface area contributed by atoms with Crippen LogP contribution >= 0.6 is 34.4 Å². The Bertz CT molecular complexity index is 1540. The summed E-state index contributed by atoms with van der Waals surface area (Å²) in [5.41, 5.74) is 2.57. The van der Waals surface area contributed by atoms with Gasteiger partial charge < -0.3 is 4.90 Å². The number of anilines is 1. The van der Waals surface area contributed by atoms with E-state index in [0.29, 0.717) is 6.54 Å². The topological polar surface area (TPSA) is 29.1 Å². The zero-order valence-corrected chi connectivity index (χ0v) is 21.4. The van der Waals surface area contributed by atoms with Gasteiger partial charge in [0, 0.05) is 24.1 Å². The highest BCUT2D eigenvalue weighted by Crippen LogP contribution is 2.45. The number of para-hydroxylation sites is 2. The van der Waals surface area contributed by atoms with Gasteiger partial charge in [-0.05, 0) is 51.1 Å². The minimum Gasteiger partial charge on any atom is -0.335 e. The number of aromatic nitrogens is 2. The lowest BCUT2D eigenvalue weighted by molar-refractivity contribution is -0.665. The fraction of sp³-hybridized carbons (Fsp3) is 0.231. The van der Waals surface area contributed by atoms with Crippen LogP contribution in [0.4, 0.5) is 5.69 Å². The molecule has 0 unspecified atom stereocenters. The Morgan fingerprint density at radius 1 is 0.939 bits per heavy atom. The summed E-state index contributed by atoms with van der Waals surface area (Å²) in [5, 5.41) is 2.33. The summed E-state index contributed by atoms with van der Waals surface area (Å²) in [6.45, 7) is 8.81. The number of hydrogen-bond donors (Lipinski definition) is 0. The number of fused-ring (bicyclic) bond motifs is 2. The molecule has 0 bridgehead atoms. The van der Waals surface area contributed by atoms with E-state index < -0.39 is 0 Å². The quantitative estimate of drug-likeness (QED) is 0.383. The van der Waals surface area contributed by atoms with Gasteiger partial charge in [0.05, 0.1) is 21.3 Å². The Morgan fingerprint density at radius 2 is 1.73 bits per heavy atom. The Morgan fingerprint density at radius 3 is 2.52 bits per heavy atom. The highest BCUT2D eigenvalue weighted by atomic mass is 32.2. The zero-order chi connectivity index (χ0) is 22.9. The highest BCUT2D eigenvalue weighted by molar-refractivity contribution is 8.03. The largest absolute Gasteiger partial charge is 0.335 e. The molecule has 1 aliphatic heterocycles. The molecule has 0 N–H and O–H groups in total. The lowest BCUT2D eigenvalue weighted by Gasteiger charge is -2.17. The molecule has 1 aliphatic rings. The standard InChI is InChI=1S/C26H26N3OS3/c1-4-27-18-11-7-9-13-20(18)31-23(27)16-15-22-26(30)29(6-3)25(33-22)17-24-28(5-2)19-12-8-10-14-21(19)32-24/h7-17H,4-6H2,1-3H3/q+1. The van der Waals surface area contributed by atoms with Crippen LogP contribution in [0, 0.1) is 0 Å². The molecule has 0 saturated heterocycles. The van der Waals surface area contributed by atoms with Crippen molar-refractivity contribution in [2.45, 2.75) is 38.8 Å². The van der Waals surface area contributed by atoms with Crippen molar-refractivity contribution in [1.82, 2.24) is 4.57 Å². The third kappa shape index (κ3) is 3.98. The molecule has 2 aromatic heterocycles. The first-order valence-electron chi connectivity index (χ1n) is 11.2. The highest BCUT2D eigenvalue weighted by Gasteiger charge is 2.22. The lowest BCUT2D eigenvalue weighted by Crippen LogP contribution is -2.35. The molecule has 0 fully saturated rings. The van der Waals surface area contributed by atoms with Crippen molar-refractivity contribution in [3.8, 4) is 0 Å². The fourth-order valence-electron chi connectivity index (χ4n) is 4.20. The molecule has 0 atom stereocenters. The molecule has 0 radical (unpaired) electrons. The molecule has 3 heterocycles. The van der Waals surface area contributed by atoms with Gasteiger partial charge >= 0.3 is 0 Å². The van der Waals surface area contributed by atoms with E-state index in [2.05, 4.69) is 84.0 Å². The van der Waals surface area contributed by atoms with Crippen LogP contribution in [0.1, 0.15) is 25.8 Å². The number of thiazole rings is 2. The van der Waals surface area contributed by atoms with Gasteiger partial charge in [0.2, 0.25) is 5.52 Å². The molecule has 7 heteroatoms. The van der Waals surface area contributed by atoms with E-state index >= 15 is 0 Å². The van der Waals surface area contributed by atoms with Crippen LogP contribution in [0.15, 0.2) is 69.3 Å². The molecule has 33 heavy (non-hydrogen) atoms. The first-order valence-corrected chi connectivity index (χ1v) is 13.7. The second kappa shape index (κ2) is 9.33. The number of nitrogens with zero attached hydrogens (tertiary/aromatic N) is 3. The maximum Gasteiger partial charge on any atom is 0.269 e. The molecule has 5 rings (SSSR count). The molecule has 4 nitrogen and oxygen atoms in total. The van der Waals surface area contributed by atoms with Gasteiger partial charge in [-0.1, -0.05) is 47.4 Å². The molecule has 0 aliphatic carbocycles. The van der Waals surface area contributed by atoms with Crippen molar-refractivity contribution >= 4 is 62.5 Å². The predicted molar refractivity (Wildman–Crippen MR) is 143 cm³/mol. The molecular formula is C26H26N3OS3+. The summed E-state index contributed by atoms with van der Waals surface area (Å²) in [6, 6.07) is 16.9. The van der Waals surface area contributed by atoms with Crippen molar-refractivity contribution < 1.29 is 4.57 Å². The van der Waals surface area contributed by atoms with E-state index in [9.17, 15) is 4.79 Å². The van der Waals surface area contributed by atoms with Crippen LogP contribution < -0.4 is 24.2 Å². The first-order chi connectivity index (χ1) is 16.1. The molecule has 2 aromatic carbocycles. The first kappa shape index (κ1) is 22.2. The zero-order valence-electron chi connectivity index (χ0n) is 18.9. The number of thioether (sulfide) groups is 1. The number of aryl methyl sites for hydroxylation is 1. The minimum atomic E-state index is 0.0818. The average molecular weight is 493 g/mol. The van der Waals surface area contributed by atoms with E-state index in [0.717, 1.165) is 27.3 Å². The average Bonchev–Trinajstić information content (AvgIpc) is 3.47. The van der Waals surface area contributed by atoms with Gasteiger partial charge in [0.25, 0.3) is 10.6 Å². The summed E-state index contributed by atoms with van der Waals surface area (Å²) in [6.07, 6.45) is 6.26. The molecule has 0 saturated carbocycles. The van der Waals surface area contributed by atoms with Gasteiger partial charge in [0.1, 0.15) is 15.9 Å². The molecule has 0 spiro atoms. The van der Waals surface area contributed by atoms with Crippen LogP contribution in [0.2, 0.25) is 0 Å². The Balaban J connectivity index is 1.60. The summed E-state index contributed by atoms with van der Waals surface area (Å²) in [5.74, 6) is 0. The summed E-state index contributed by atoms with van der Waals surface area (Å²) >= 11 is 5.11. The van der Waals surface area contributed by atoms with Gasteiger partial charge in [-0.15, -0.1) is 11.3 Å². The van der Waals surface area contributed by atoms with Gasteiger partial charge in [0.15, 0.2) is 0 Å². The number of hydrogen-bond acceptors (Lipinski definition) is 5. The monoisotopic (exact) mass is 492 g/mol. The summed E-state index contributed by atoms with van der Waals surface area (Å²) < 4.78 is 7.23. The van der Waals surface area contributed by atoms with E-state index in [-0.39, 0.29) is 5.56 Å². The third-order valence-corrected chi connectivity index (χ3v) is 9.10. The predicted octanol–water partition coefficient (Wildman–Crippen LogP) is 4.53. The Hall–Kier alpha value is -2.61. The van der Waals surface area contributed by atoms with E-state index in [1.165, 1.54) is 25.8 Å². The lowest BCUT2D eigenvalue weighted by atomic mass is 10.3. The van der Waals surface area contributed by atoms with Crippen LogP contribution in [0.5, 0.6) is 0 Å². The van der Waals surface area contributed by atoms with Crippen molar-refractivity contribution in [2.24, 2.45) is 0 Å². The van der Waals surface area contributed by atoms with Crippen molar-refractivity contribution in [1.29, 1.82) is 0 Å². The second-order valence-electron chi connectivity index (χ2n) is 7.64. The molecule has 168 valence electrons. The molecule has 4 aromatic rings. The van der Waals surface area contributed by atoms with Crippen LogP contribution in [0.25, 0.3) is 22.4 Å². The van der Waals surface area contributed by atoms with Crippen molar-refractivity contribution in [2.75, 3.05) is 11.4 Å². The second-order valence-corrected chi connectivity index (χ2v) is 10.8. The van der Waals surface area contributed by atoms with Gasteiger partial charge in [-0.25, -0.2) is 0 Å². The number of benzene rings is 2. The smallest absolute Gasteiger partial charge is 0.269 e. The number of allylic oxidation sites excluding steroid dienone is 1. The van der Waals surface area contributed by atoms with E-state index in [1.807, 2.05) is 17.6 Å².